The van der Waals surface area contributed by atoms with E-state index in [2.05, 4.69) is 0 Å². The molecule has 0 saturated heterocycles. The lowest BCUT2D eigenvalue weighted by Gasteiger charge is -2.30. The fourth-order valence-corrected chi connectivity index (χ4v) is 3.82. The van der Waals surface area contributed by atoms with Gasteiger partial charge in [0.25, 0.3) is 0 Å². The molecule has 248 valence electrons. The fourth-order valence-electron chi connectivity index (χ4n) is 3.82. The Balaban J connectivity index is 1.98. The molecule has 1 atom stereocenters. The molecule has 0 aliphatic carbocycles. The van der Waals surface area contributed by atoms with Gasteiger partial charge < -0.3 is 14.7 Å². The van der Waals surface area contributed by atoms with Crippen molar-refractivity contribution in [2.45, 2.75) is 48.9 Å². The Hall–Kier alpha value is -3.83. The lowest BCUT2D eigenvalue weighted by atomic mass is 9.99. The zero-order valence-electron chi connectivity index (χ0n) is 21.9. The Kier molecular flexibility index (Phi) is 9.64. The Morgan fingerprint density at radius 2 is 1.11 bits per heavy atom. The monoisotopic (exact) mass is 673 g/mol. The normalized spacial score (nSPS) is 14.3. The molecule has 3 nitrogen and oxygen atoms in total. The largest absolute Gasteiger partial charge is 0.460 e. The summed E-state index contributed by atoms with van der Waals surface area (Å²) in [5.74, 6) is -18.6. The molecular weight excluding hydrogens is 655 g/mol. The maximum absolute atomic E-state index is 14.3. The van der Waals surface area contributed by atoms with Crippen molar-refractivity contribution in [1.29, 1.82) is 0 Å². The van der Waals surface area contributed by atoms with Crippen molar-refractivity contribution in [2.75, 3.05) is 11.4 Å². The van der Waals surface area contributed by atoms with Crippen LogP contribution >= 0.6 is 0 Å². The van der Waals surface area contributed by atoms with E-state index in [1.807, 2.05) is 0 Å². The van der Waals surface area contributed by atoms with Crippen LogP contribution in [0.5, 0.6) is 11.5 Å². The van der Waals surface area contributed by atoms with E-state index in [0.29, 0.717) is 23.1 Å². The minimum atomic E-state index is -6.67. The molecule has 0 amide bonds. The van der Waals surface area contributed by atoms with Gasteiger partial charge in [-0.05, 0) is 35.9 Å². The van der Waals surface area contributed by atoms with Crippen molar-refractivity contribution >= 4 is 5.69 Å². The molecule has 3 aromatic rings. The summed E-state index contributed by atoms with van der Waals surface area (Å²) in [6, 6.07) is 8.72. The van der Waals surface area contributed by atoms with Gasteiger partial charge in [-0.3, -0.25) is 0 Å². The van der Waals surface area contributed by atoms with Crippen LogP contribution in [0.25, 0.3) is 0 Å². The maximum Gasteiger partial charge on any atom is 0.460 e. The first-order valence-electron chi connectivity index (χ1n) is 12.1. The van der Waals surface area contributed by atoms with Gasteiger partial charge in [0.15, 0.2) is 6.10 Å². The third-order valence-electron chi connectivity index (χ3n) is 6.16. The third kappa shape index (κ3) is 7.70. The van der Waals surface area contributed by atoms with Crippen molar-refractivity contribution in [3.8, 4) is 11.5 Å². The highest BCUT2D eigenvalue weighted by molar-refractivity contribution is 5.52. The molecular formula is C27H18F15NO2. The van der Waals surface area contributed by atoms with Crippen LogP contribution in [0.1, 0.15) is 16.7 Å². The second-order valence-corrected chi connectivity index (χ2v) is 9.48. The number of aliphatic hydroxyl groups excluding tert-OH is 1. The third-order valence-corrected chi connectivity index (χ3v) is 6.16. The Morgan fingerprint density at radius 3 is 1.64 bits per heavy atom. The average molecular weight is 673 g/mol. The van der Waals surface area contributed by atoms with Gasteiger partial charge in [-0.1, -0.05) is 36.4 Å². The predicted octanol–water partition coefficient (Wildman–Crippen LogP) is 9.35. The number of nitrogens with zero attached hydrogens (tertiary/aromatic N) is 1. The average Bonchev–Trinajstić information content (AvgIpc) is 2.91. The zero-order valence-corrected chi connectivity index (χ0v) is 21.9. The second-order valence-electron chi connectivity index (χ2n) is 9.48. The topological polar surface area (TPSA) is 32.7 Å². The molecule has 0 unspecified atom stereocenters. The molecule has 0 aliphatic heterocycles. The van der Waals surface area contributed by atoms with E-state index < -0.39 is 77.9 Å². The molecule has 0 aliphatic rings. The quantitative estimate of drug-likeness (QED) is 0.218. The number of aliphatic hydroxyl groups is 1. The highest BCUT2D eigenvalue weighted by Gasteiger charge is 2.73. The number of alkyl halides is 15. The van der Waals surface area contributed by atoms with Crippen LogP contribution in [0.15, 0.2) is 72.8 Å². The summed E-state index contributed by atoms with van der Waals surface area (Å²) in [6.07, 6.45) is -21.0. The van der Waals surface area contributed by atoms with Crippen LogP contribution in [0, 0.1) is 0 Å². The standard InChI is InChI=1S/C27H18F15NO2/c28-22(29,25(35,36)27(40,41)42)16-5-1-4-15(10-16)13-43(14-21(44)24(32,33)34)18-7-3-9-20(12-18)45-19-8-2-6-17(11-19)23(30,31)26(37,38)39/h1-12,21,44H,13-14H2/t21-/m1/s1. The second kappa shape index (κ2) is 12.2. The zero-order chi connectivity index (χ0) is 34.2. The van der Waals surface area contributed by atoms with E-state index in [1.165, 1.54) is 0 Å². The van der Waals surface area contributed by atoms with Gasteiger partial charge in [-0.15, -0.1) is 0 Å². The summed E-state index contributed by atoms with van der Waals surface area (Å²) in [5, 5.41) is 9.65. The van der Waals surface area contributed by atoms with Crippen molar-refractivity contribution in [1.82, 2.24) is 0 Å². The molecule has 0 fully saturated rings. The lowest BCUT2D eigenvalue weighted by Crippen LogP contribution is -2.50. The van der Waals surface area contributed by atoms with Crippen LogP contribution in [0.3, 0.4) is 0 Å². The minimum Gasteiger partial charge on any atom is -0.457 e. The Bertz CT molecular complexity index is 1470. The highest BCUT2D eigenvalue weighted by Crippen LogP contribution is 2.52. The molecule has 0 spiro atoms. The van der Waals surface area contributed by atoms with Crippen LogP contribution in [-0.2, 0) is 18.4 Å². The first-order chi connectivity index (χ1) is 20.4. The number of ether oxygens (including phenoxy) is 1. The Morgan fingerprint density at radius 1 is 0.600 bits per heavy atom. The van der Waals surface area contributed by atoms with Crippen LogP contribution in [-0.4, -0.2) is 42.2 Å². The van der Waals surface area contributed by atoms with Gasteiger partial charge in [0.05, 0.1) is 6.54 Å². The summed E-state index contributed by atoms with van der Waals surface area (Å²) < 4.78 is 204. The van der Waals surface area contributed by atoms with Crippen LogP contribution in [0.4, 0.5) is 71.5 Å². The van der Waals surface area contributed by atoms with Gasteiger partial charge in [0, 0.05) is 29.4 Å². The minimum absolute atomic E-state index is 0.194. The van der Waals surface area contributed by atoms with E-state index in [1.54, 1.807) is 0 Å². The summed E-state index contributed by atoms with van der Waals surface area (Å²) >= 11 is 0. The number of anilines is 1. The molecule has 3 aromatic carbocycles. The molecule has 18 heteroatoms. The molecule has 0 radical (unpaired) electrons. The predicted molar refractivity (Wildman–Crippen MR) is 127 cm³/mol. The van der Waals surface area contributed by atoms with Crippen LogP contribution < -0.4 is 9.64 Å². The summed E-state index contributed by atoms with van der Waals surface area (Å²) in [5.41, 5.74) is -4.16. The van der Waals surface area contributed by atoms with Crippen LogP contribution in [0.2, 0.25) is 0 Å². The lowest BCUT2D eigenvalue weighted by molar-refractivity contribution is -0.359. The number of hydrogen-bond acceptors (Lipinski definition) is 3. The van der Waals surface area contributed by atoms with E-state index in [4.69, 9.17) is 4.74 Å². The molecule has 0 aromatic heterocycles. The summed E-state index contributed by atoms with van der Waals surface area (Å²) in [7, 11) is 0. The van der Waals surface area contributed by atoms with Gasteiger partial charge in [-0.25, -0.2) is 0 Å². The number of rotatable bonds is 10. The smallest absolute Gasteiger partial charge is 0.457 e. The molecule has 0 bridgehead atoms. The molecule has 0 saturated carbocycles. The Labute approximate surface area is 243 Å². The fraction of sp³-hybridized carbons (Fsp3) is 0.333. The van der Waals surface area contributed by atoms with Crippen molar-refractivity contribution in [2.24, 2.45) is 0 Å². The number of hydrogen-bond donors (Lipinski definition) is 1. The van der Waals surface area contributed by atoms with E-state index in [-0.39, 0.29) is 23.6 Å². The van der Waals surface area contributed by atoms with Gasteiger partial charge in [0.1, 0.15) is 11.5 Å². The first kappa shape index (κ1) is 35.6. The summed E-state index contributed by atoms with van der Waals surface area (Å²) in [6.45, 7) is -2.25. The van der Waals surface area contributed by atoms with Gasteiger partial charge >= 0.3 is 36.3 Å². The van der Waals surface area contributed by atoms with Gasteiger partial charge in [0.2, 0.25) is 0 Å². The summed E-state index contributed by atoms with van der Waals surface area (Å²) in [4.78, 5) is 0.651. The van der Waals surface area contributed by atoms with E-state index in [9.17, 15) is 71.0 Å². The molecule has 45 heavy (non-hydrogen) atoms. The molecule has 3 rings (SSSR count). The highest BCUT2D eigenvalue weighted by atomic mass is 19.4. The molecule has 1 N–H and O–H groups in total. The van der Waals surface area contributed by atoms with Gasteiger partial charge in [-0.2, -0.15) is 65.9 Å². The van der Waals surface area contributed by atoms with E-state index in [0.717, 1.165) is 42.5 Å². The van der Waals surface area contributed by atoms with Crippen molar-refractivity contribution in [3.05, 3.63) is 89.5 Å². The molecule has 0 heterocycles. The number of benzene rings is 3. The van der Waals surface area contributed by atoms with Crippen molar-refractivity contribution < 1.29 is 75.7 Å². The maximum atomic E-state index is 14.3. The first-order valence-corrected chi connectivity index (χ1v) is 12.1. The van der Waals surface area contributed by atoms with Crippen molar-refractivity contribution in [3.63, 3.8) is 0 Å². The number of halogens is 15. The SMILES string of the molecule is O[C@H](CN(Cc1cccc(C(F)(F)C(F)(F)C(F)(F)F)c1)c1cccc(Oc2cccc(C(F)(F)C(F)(F)F)c2)c1)C(F)(F)F. The van der Waals surface area contributed by atoms with E-state index >= 15 is 0 Å².